The van der Waals surface area contributed by atoms with Crippen molar-refractivity contribution in [1.82, 2.24) is 4.90 Å². The van der Waals surface area contributed by atoms with Crippen molar-refractivity contribution in [2.45, 2.75) is 12.8 Å². The molecule has 0 bridgehead atoms. The summed E-state index contributed by atoms with van der Waals surface area (Å²) < 4.78 is 0. The molecule has 3 amide bonds. The fraction of sp³-hybridized carbons (Fsp3) is 0.222. The highest BCUT2D eigenvalue weighted by molar-refractivity contribution is 6.30. The predicted octanol–water partition coefficient (Wildman–Crippen LogP) is 3.29. The van der Waals surface area contributed by atoms with Crippen molar-refractivity contribution in [3.05, 3.63) is 65.2 Å². The first-order valence-electron chi connectivity index (χ1n) is 7.68. The number of halogens is 1. The molecule has 0 aliphatic rings. The van der Waals surface area contributed by atoms with Gasteiger partial charge >= 0.3 is 6.03 Å². The summed E-state index contributed by atoms with van der Waals surface area (Å²) in [6.07, 6.45) is 0.820. The maximum Gasteiger partial charge on any atom is 0.321 e. The third-order valence-electron chi connectivity index (χ3n) is 3.50. The summed E-state index contributed by atoms with van der Waals surface area (Å²) in [5, 5.41) is 3.34. The molecule has 126 valence electrons. The van der Waals surface area contributed by atoms with Crippen molar-refractivity contribution in [3.63, 3.8) is 0 Å². The van der Waals surface area contributed by atoms with Crippen molar-refractivity contribution in [2.24, 2.45) is 5.73 Å². The number of benzene rings is 2. The van der Waals surface area contributed by atoms with E-state index in [1.807, 2.05) is 30.3 Å². The van der Waals surface area contributed by atoms with Gasteiger partial charge in [-0.1, -0.05) is 48.0 Å². The molecular formula is C18H20ClN3O2. The van der Waals surface area contributed by atoms with E-state index >= 15 is 0 Å². The molecule has 0 aliphatic heterocycles. The number of rotatable bonds is 7. The number of nitrogens with zero attached hydrogens (tertiary/aromatic N) is 1. The molecule has 2 aromatic rings. The number of hydrogen-bond acceptors (Lipinski definition) is 2. The summed E-state index contributed by atoms with van der Waals surface area (Å²) in [7, 11) is 0. The van der Waals surface area contributed by atoms with Crippen LogP contribution in [0.4, 0.5) is 10.5 Å². The van der Waals surface area contributed by atoms with Crippen molar-refractivity contribution < 1.29 is 9.59 Å². The smallest absolute Gasteiger partial charge is 0.321 e. The number of nitrogens with two attached hydrogens (primary N) is 1. The molecule has 0 unspecified atom stereocenters. The van der Waals surface area contributed by atoms with Crippen LogP contribution in [0.15, 0.2) is 54.6 Å². The van der Waals surface area contributed by atoms with Gasteiger partial charge in [-0.3, -0.25) is 4.79 Å². The summed E-state index contributed by atoms with van der Waals surface area (Å²) >= 11 is 5.93. The molecule has 0 spiro atoms. The van der Waals surface area contributed by atoms with Crippen LogP contribution >= 0.6 is 11.6 Å². The lowest BCUT2D eigenvalue weighted by Crippen LogP contribution is -2.38. The summed E-state index contributed by atoms with van der Waals surface area (Å²) in [6, 6.07) is 16.5. The lowest BCUT2D eigenvalue weighted by molar-refractivity contribution is -0.118. The van der Waals surface area contributed by atoms with Crippen LogP contribution in [0.2, 0.25) is 5.02 Å². The van der Waals surface area contributed by atoms with E-state index in [0.29, 0.717) is 23.7 Å². The zero-order valence-corrected chi connectivity index (χ0v) is 14.0. The molecule has 0 fully saturated rings. The quantitative estimate of drug-likeness (QED) is 0.807. The van der Waals surface area contributed by atoms with Gasteiger partial charge < -0.3 is 16.0 Å². The van der Waals surface area contributed by atoms with E-state index in [-0.39, 0.29) is 19.0 Å². The van der Waals surface area contributed by atoms with E-state index < -0.39 is 5.91 Å². The van der Waals surface area contributed by atoms with Crippen LogP contribution in [-0.2, 0) is 11.2 Å². The Morgan fingerprint density at radius 3 is 2.46 bits per heavy atom. The zero-order chi connectivity index (χ0) is 17.4. The third kappa shape index (κ3) is 5.93. The SMILES string of the molecule is NC(=O)CCN(CCc1ccccc1)C(=O)Nc1cccc(Cl)c1. The fourth-order valence-electron chi connectivity index (χ4n) is 2.24. The summed E-state index contributed by atoms with van der Waals surface area (Å²) in [5.74, 6) is -0.435. The standard InChI is InChI=1S/C18H20ClN3O2/c19-15-7-4-8-16(13-15)21-18(24)22(12-10-17(20)23)11-9-14-5-2-1-3-6-14/h1-8,13H,9-12H2,(H2,20,23)(H,21,24). The highest BCUT2D eigenvalue weighted by atomic mass is 35.5. The number of primary amides is 1. The molecule has 0 saturated heterocycles. The van der Waals surface area contributed by atoms with E-state index in [1.54, 1.807) is 29.2 Å². The molecule has 0 aromatic heterocycles. The first-order chi connectivity index (χ1) is 11.5. The molecule has 24 heavy (non-hydrogen) atoms. The van der Waals surface area contributed by atoms with Crippen LogP contribution in [-0.4, -0.2) is 29.9 Å². The van der Waals surface area contributed by atoms with E-state index in [2.05, 4.69) is 5.32 Å². The highest BCUT2D eigenvalue weighted by Gasteiger charge is 2.14. The van der Waals surface area contributed by atoms with Crippen LogP contribution in [0.1, 0.15) is 12.0 Å². The molecule has 3 N–H and O–H groups in total. The van der Waals surface area contributed by atoms with Crippen molar-refractivity contribution in [3.8, 4) is 0 Å². The average Bonchev–Trinajstić information content (AvgIpc) is 2.55. The Hall–Kier alpha value is -2.53. The summed E-state index contributed by atoms with van der Waals surface area (Å²) in [6.45, 7) is 0.762. The van der Waals surface area contributed by atoms with E-state index in [1.165, 1.54) is 0 Å². The van der Waals surface area contributed by atoms with E-state index in [9.17, 15) is 9.59 Å². The lowest BCUT2D eigenvalue weighted by Gasteiger charge is -2.23. The predicted molar refractivity (Wildman–Crippen MR) is 96.0 cm³/mol. The van der Waals surface area contributed by atoms with Gasteiger partial charge in [-0.25, -0.2) is 4.79 Å². The van der Waals surface area contributed by atoms with Gasteiger partial charge in [0.15, 0.2) is 0 Å². The van der Waals surface area contributed by atoms with Gasteiger partial charge in [-0.15, -0.1) is 0 Å². The second-order valence-corrected chi connectivity index (χ2v) is 5.82. The Morgan fingerprint density at radius 2 is 1.79 bits per heavy atom. The minimum atomic E-state index is -0.435. The number of amides is 3. The van der Waals surface area contributed by atoms with Gasteiger partial charge in [0.2, 0.25) is 5.91 Å². The lowest BCUT2D eigenvalue weighted by atomic mass is 10.1. The number of anilines is 1. The van der Waals surface area contributed by atoms with Gasteiger partial charge in [0, 0.05) is 30.2 Å². The molecule has 5 nitrogen and oxygen atoms in total. The van der Waals surface area contributed by atoms with E-state index in [0.717, 1.165) is 5.56 Å². The summed E-state index contributed by atoms with van der Waals surface area (Å²) in [5.41, 5.74) is 6.94. The number of carbonyl (C=O) groups is 2. The first kappa shape index (κ1) is 17.8. The van der Waals surface area contributed by atoms with Gasteiger partial charge in [-0.05, 0) is 30.2 Å². The van der Waals surface area contributed by atoms with Crippen molar-refractivity contribution in [1.29, 1.82) is 0 Å². The molecule has 2 rings (SSSR count). The van der Waals surface area contributed by atoms with Crippen molar-refractivity contribution in [2.75, 3.05) is 18.4 Å². The zero-order valence-electron chi connectivity index (χ0n) is 13.2. The molecule has 2 aromatic carbocycles. The van der Waals surface area contributed by atoms with Gasteiger partial charge in [0.1, 0.15) is 0 Å². The molecule has 0 aliphatic carbocycles. The Bertz CT molecular complexity index is 692. The van der Waals surface area contributed by atoms with E-state index in [4.69, 9.17) is 17.3 Å². The Kier molecular flexibility index (Phi) is 6.63. The molecule has 0 radical (unpaired) electrons. The Labute approximate surface area is 146 Å². The summed E-state index contributed by atoms with van der Waals surface area (Å²) in [4.78, 5) is 25.1. The first-order valence-corrected chi connectivity index (χ1v) is 8.06. The number of carbonyl (C=O) groups excluding carboxylic acids is 2. The van der Waals surface area contributed by atoms with Crippen LogP contribution in [0, 0.1) is 0 Å². The normalized spacial score (nSPS) is 10.2. The van der Waals surface area contributed by atoms with Crippen molar-refractivity contribution >= 4 is 29.2 Å². The maximum atomic E-state index is 12.5. The van der Waals surface area contributed by atoms with Gasteiger partial charge in [-0.2, -0.15) is 0 Å². The molecule has 0 saturated carbocycles. The van der Waals surface area contributed by atoms with Crippen LogP contribution in [0.5, 0.6) is 0 Å². The average molecular weight is 346 g/mol. The fourth-order valence-corrected chi connectivity index (χ4v) is 2.43. The van der Waals surface area contributed by atoms with Crippen LogP contribution in [0.3, 0.4) is 0 Å². The minimum absolute atomic E-state index is 0.123. The third-order valence-corrected chi connectivity index (χ3v) is 3.74. The molecule has 6 heteroatoms. The number of nitrogens with one attached hydrogen (secondary N) is 1. The van der Waals surface area contributed by atoms with Crippen LogP contribution < -0.4 is 11.1 Å². The number of hydrogen-bond donors (Lipinski definition) is 2. The monoisotopic (exact) mass is 345 g/mol. The molecular weight excluding hydrogens is 326 g/mol. The Balaban J connectivity index is 2.00. The highest BCUT2D eigenvalue weighted by Crippen LogP contribution is 2.15. The number of urea groups is 1. The molecule has 0 heterocycles. The molecule has 0 atom stereocenters. The second-order valence-electron chi connectivity index (χ2n) is 5.38. The largest absolute Gasteiger partial charge is 0.370 e. The van der Waals surface area contributed by atoms with Gasteiger partial charge in [0.25, 0.3) is 0 Å². The second kappa shape index (κ2) is 8.93. The van der Waals surface area contributed by atoms with Gasteiger partial charge in [0.05, 0.1) is 0 Å². The maximum absolute atomic E-state index is 12.5. The topological polar surface area (TPSA) is 75.4 Å². The van der Waals surface area contributed by atoms with Crippen LogP contribution in [0.25, 0.3) is 0 Å². The minimum Gasteiger partial charge on any atom is -0.370 e. The Morgan fingerprint density at radius 1 is 1.04 bits per heavy atom.